The number of esters is 1. The highest BCUT2D eigenvalue weighted by molar-refractivity contribution is 6.31. The van der Waals surface area contributed by atoms with E-state index in [1.807, 2.05) is 19.1 Å². The number of benzene rings is 2. The summed E-state index contributed by atoms with van der Waals surface area (Å²) in [5, 5.41) is 15.8. The molecule has 2 aromatic carbocycles. The zero-order valence-electron chi connectivity index (χ0n) is 18.9. The molecule has 0 saturated heterocycles. The van der Waals surface area contributed by atoms with Crippen LogP contribution in [0, 0.1) is 6.92 Å². The zero-order chi connectivity index (χ0) is 24.7. The Bertz CT molecular complexity index is 1220. The third kappa shape index (κ3) is 6.39. The first-order chi connectivity index (χ1) is 16.3. The molecule has 0 aliphatic heterocycles. The van der Waals surface area contributed by atoms with Crippen molar-refractivity contribution in [3.05, 3.63) is 92.9 Å². The average molecular weight is 484 g/mol. The first kappa shape index (κ1) is 24.9. The summed E-state index contributed by atoms with van der Waals surface area (Å²) in [7, 11) is 0. The SMILES string of the molecule is CCOC(=O)C[C@H](NC(=O)Nc1c(O)ccn(Cc2ccccc2Cl)c1=O)c1ccc(C)cc1. The van der Waals surface area contributed by atoms with E-state index in [1.54, 1.807) is 43.3 Å². The van der Waals surface area contributed by atoms with Gasteiger partial charge in [-0.1, -0.05) is 59.6 Å². The molecule has 1 aromatic heterocycles. The second-order valence-electron chi connectivity index (χ2n) is 7.67. The number of pyridine rings is 1. The van der Waals surface area contributed by atoms with Crippen molar-refractivity contribution < 1.29 is 19.4 Å². The summed E-state index contributed by atoms with van der Waals surface area (Å²) in [6.07, 6.45) is 1.32. The first-order valence-electron chi connectivity index (χ1n) is 10.7. The lowest BCUT2D eigenvalue weighted by Crippen LogP contribution is -2.36. The van der Waals surface area contributed by atoms with E-state index in [0.29, 0.717) is 16.1 Å². The van der Waals surface area contributed by atoms with E-state index in [-0.39, 0.29) is 31.0 Å². The van der Waals surface area contributed by atoms with Gasteiger partial charge in [-0.15, -0.1) is 0 Å². The topological polar surface area (TPSA) is 110 Å². The Hall–Kier alpha value is -3.78. The Morgan fingerprint density at radius 2 is 1.82 bits per heavy atom. The molecule has 34 heavy (non-hydrogen) atoms. The smallest absolute Gasteiger partial charge is 0.319 e. The van der Waals surface area contributed by atoms with E-state index in [9.17, 15) is 19.5 Å². The Morgan fingerprint density at radius 1 is 1.12 bits per heavy atom. The Balaban J connectivity index is 1.81. The van der Waals surface area contributed by atoms with Crippen molar-refractivity contribution in [2.45, 2.75) is 32.9 Å². The molecule has 0 aliphatic carbocycles. The quantitative estimate of drug-likeness (QED) is 0.412. The van der Waals surface area contributed by atoms with Gasteiger partial charge in [0.1, 0.15) is 5.75 Å². The van der Waals surface area contributed by atoms with Crippen LogP contribution in [0.4, 0.5) is 10.5 Å². The lowest BCUT2D eigenvalue weighted by molar-refractivity contribution is -0.143. The summed E-state index contributed by atoms with van der Waals surface area (Å²) in [5.74, 6) is -0.856. The summed E-state index contributed by atoms with van der Waals surface area (Å²) in [6, 6.07) is 14.3. The molecule has 0 radical (unpaired) electrons. The molecule has 0 fully saturated rings. The van der Waals surface area contributed by atoms with Crippen LogP contribution in [0.5, 0.6) is 5.75 Å². The number of aromatic hydroxyl groups is 1. The van der Waals surface area contributed by atoms with E-state index < -0.39 is 23.6 Å². The Labute approximate surface area is 202 Å². The van der Waals surface area contributed by atoms with Crippen molar-refractivity contribution in [1.29, 1.82) is 0 Å². The molecule has 0 aliphatic rings. The summed E-state index contributed by atoms with van der Waals surface area (Å²) >= 11 is 6.19. The minimum Gasteiger partial charge on any atom is -0.505 e. The van der Waals surface area contributed by atoms with Gasteiger partial charge in [0.25, 0.3) is 5.56 Å². The fraction of sp³-hybridized carbons (Fsp3) is 0.240. The molecular weight excluding hydrogens is 458 g/mol. The largest absolute Gasteiger partial charge is 0.505 e. The number of ether oxygens (including phenoxy) is 1. The lowest BCUT2D eigenvalue weighted by Gasteiger charge is -2.19. The minimum atomic E-state index is -0.752. The van der Waals surface area contributed by atoms with Crippen molar-refractivity contribution >= 4 is 29.3 Å². The van der Waals surface area contributed by atoms with Gasteiger partial charge in [0.05, 0.1) is 25.6 Å². The van der Waals surface area contributed by atoms with Crippen LogP contribution in [0.3, 0.4) is 0 Å². The molecule has 178 valence electrons. The minimum absolute atomic E-state index is 0.0954. The maximum absolute atomic E-state index is 12.9. The average Bonchev–Trinajstić information content (AvgIpc) is 2.80. The van der Waals surface area contributed by atoms with E-state index >= 15 is 0 Å². The maximum Gasteiger partial charge on any atom is 0.319 e. The monoisotopic (exact) mass is 483 g/mol. The Kier molecular flexibility index (Phi) is 8.32. The van der Waals surface area contributed by atoms with Gasteiger partial charge in [0, 0.05) is 11.2 Å². The van der Waals surface area contributed by atoms with Crippen LogP contribution >= 0.6 is 11.6 Å². The van der Waals surface area contributed by atoms with E-state index in [0.717, 1.165) is 5.56 Å². The molecule has 1 heterocycles. The van der Waals surface area contributed by atoms with Crippen LogP contribution in [-0.4, -0.2) is 28.3 Å². The molecule has 2 amide bonds. The highest BCUT2D eigenvalue weighted by Crippen LogP contribution is 2.22. The highest BCUT2D eigenvalue weighted by Gasteiger charge is 2.21. The summed E-state index contributed by atoms with van der Waals surface area (Å²) in [5.41, 5.74) is 1.54. The number of aromatic nitrogens is 1. The molecule has 1 atom stereocenters. The molecule has 3 rings (SSSR count). The number of aryl methyl sites for hydroxylation is 1. The lowest BCUT2D eigenvalue weighted by atomic mass is 10.0. The zero-order valence-corrected chi connectivity index (χ0v) is 19.6. The summed E-state index contributed by atoms with van der Waals surface area (Å²) < 4.78 is 6.35. The van der Waals surface area contributed by atoms with Gasteiger partial charge in [0.15, 0.2) is 5.69 Å². The molecule has 0 bridgehead atoms. The van der Waals surface area contributed by atoms with Crippen LogP contribution in [0.15, 0.2) is 65.6 Å². The number of hydrogen-bond donors (Lipinski definition) is 3. The molecule has 8 nitrogen and oxygen atoms in total. The summed E-state index contributed by atoms with van der Waals surface area (Å²) in [4.78, 5) is 37.8. The number of anilines is 1. The van der Waals surface area contributed by atoms with Gasteiger partial charge in [-0.3, -0.25) is 9.59 Å². The second-order valence-corrected chi connectivity index (χ2v) is 8.08. The molecule has 3 aromatic rings. The predicted molar refractivity (Wildman–Crippen MR) is 130 cm³/mol. The van der Waals surface area contributed by atoms with Crippen LogP contribution < -0.4 is 16.2 Å². The predicted octanol–water partition coefficient (Wildman–Crippen LogP) is 4.38. The number of urea groups is 1. The van der Waals surface area contributed by atoms with E-state index in [4.69, 9.17) is 16.3 Å². The van der Waals surface area contributed by atoms with Gasteiger partial charge in [-0.25, -0.2) is 4.79 Å². The number of hydrogen-bond acceptors (Lipinski definition) is 5. The van der Waals surface area contributed by atoms with Crippen molar-refractivity contribution in [2.24, 2.45) is 0 Å². The number of nitrogens with one attached hydrogen (secondary N) is 2. The van der Waals surface area contributed by atoms with Crippen LogP contribution in [0.2, 0.25) is 5.02 Å². The fourth-order valence-electron chi connectivity index (χ4n) is 3.36. The molecular formula is C25H26ClN3O5. The van der Waals surface area contributed by atoms with Gasteiger partial charge < -0.3 is 25.0 Å². The maximum atomic E-state index is 12.9. The normalized spacial score (nSPS) is 11.5. The third-order valence-electron chi connectivity index (χ3n) is 5.14. The number of rotatable bonds is 8. The Morgan fingerprint density at radius 3 is 2.50 bits per heavy atom. The van der Waals surface area contributed by atoms with E-state index in [1.165, 1.54) is 16.8 Å². The third-order valence-corrected chi connectivity index (χ3v) is 5.51. The highest BCUT2D eigenvalue weighted by atomic mass is 35.5. The number of nitrogens with zero attached hydrogens (tertiary/aromatic N) is 1. The van der Waals surface area contributed by atoms with Crippen LogP contribution in [0.25, 0.3) is 0 Å². The van der Waals surface area contributed by atoms with Crippen molar-refractivity contribution in [2.75, 3.05) is 11.9 Å². The van der Waals surface area contributed by atoms with Gasteiger partial charge >= 0.3 is 12.0 Å². The number of halogens is 1. The first-order valence-corrected chi connectivity index (χ1v) is 11.1. The number of carbonyl (C=O) groups excluding carboxylic acids is 2. The standard InChI is InChI=1S/C25H26ClN3O5/c1-3-34-22(31)14-20(17-10-8-16(2)9-11-17)27-25(33)28-23-21(30)12-13-29(24(23)32)15-18-6-4-5-7-19(18)26/h4-13,20,30H,3,14-15H2,1-2H3,(H2,27,28,33)/t20-/m0/s1. The second kappa shape index (κ2) is 11.4. The van der Waals surface area contributed by atoms with Crippen molar-refractivity contribution in [3.8, 4) is 5.75 Å². The van der Waals surface area contributed by atoms with Crippen molar-refractivity contribution in [3.63, 3.8) is 0 Å². The van der Waals surface area contributed by atoms with Gasteiger partial charge in [-0.05, 0) is 37.1 Å². The molecule has 3 N–H and O–H groups in total. The fourth-order valence-corrected chi connectivity index (χ4v) is 3.56. The molecule has 0 spiro atoms. The molecule has 0 saturated carbocycles. The van der Waals surface area contributed by atoms with Crippen LogP contribution in [0.1, 0.15) is 36.1 Å². The van der Waals surface area contributed by atoms with Crippen LogP contribution in [-0.2, 0) is 16.1 Å². The van der Waals surface area contributed by atoms with E-state index in [2.05, 4.69) is 10.6 Å². The number of carbonyl (C=O) groups is 2. The number of amides is 2. The van der Waals surface area contributed by atoms with Gasteiger partial charge in [0.2, 0.25) is 0 Å². The van der Waals surface area contributed by atoms with Crippen molar-refractivity contribution in [1.82, 2.24) is 9.88 Å². The summed E-state index contributed by atoms with van der Waals surface area (Å²) in [6.45, 7) is 4.00. The molecule has 0 unspecified atom stereocenters. The van der Waals surface area contributed by atoms with Gasteiger partial charge in [-0.2, -0.15) is 0 Å². The molecule has 9 heteroatoms.